The average molecular weight is 409 g/mol. The molecule has 0 aliphatic carbocycles. The van der Waals surface area contributed by atoms with Gasteiger partial charge in [-0.3, -0.25) is 14.9 Å². The number of pyridine rings is 1. The minimum absolute atomic E-state index is 0.0832. The molecule has 6 nitrogen and oxygen atoms in total. The van der Waals surface area contributed by atoms with Crippen LogP contribution < -0.4 is 11.5 Å². The van der Waals surface area contributed by atoms with E-state index in [-0.39, 0.29) is 17.7 Å². The van der Waals surface area contributed by atoms with Crippen LogP contribution in [0.5, 0.6) is 0 Å². The maximum atomic E-state index is 11.9. The van der Waals surface area contributed by atoms with E-state index in [0.717, 1.165) is 38.9 Å². The predicted octanol–water partition coefficient (Wildman–Crippen LogP) is 3.83. The normalized spacial score (nSPS) is 11.8. The molecule has 0 radical (unpaired) electrons. The zero-order valence-electron chi connectivity index (χ0n) is 17.4. The molecule has 2 aromatic heterocycles. The van der Waals surface area contributed by atoms with Crippen LogP contribution in [-0.2, 0) is 4.79 Å². The highest BCUT2D eigenvalue weighted by atomic mass is 16.1. The van der Waals surface area contributed by atoms with Crippen LogP contribution in [0.25, 0.3) is 22.0 Å². The number of hydrogen-bond donors (Lipinski definition) is 3. The highest BCUT2D eigenvalue weighted by Crippen LogP contribution is 2.29. The quantitative estimate of drug-likeness (QED) is 0.351. The van der Waals surface area contributed by atoms with Gasteiger partial charge in [0.15, 0.2) is 0 Å². The van der Waals surface area contributed by atoms with E-state index in [2.05, 4.69) is 27.0 Å². The predicted molar refractivity (Wildman–Crippen MR) is 123 cm³/mol. The Morgan fingerprint density at radius 1 is 1.03 bits per heavy atom. The summed E-state index contributed by atoms with van der Waals surface area (Å²) < 4.78 is 0. The third-order valence-electron chi connectivity index (χ3n) is 5.20. The van der Waals surface area contributed by atoms with Gasteiger partial charge in [-0.1, -0.05) is 31.9 Å². The minimum atomic E-state index is -0.384. The number of nitrogens with one attached hydrogen (secondary N) is 1. The Morgan fingerprint density at radius 2 is 1.87 bits per heavy atom. The number of rotatable bonds is 4. The van der Waals surface area contributed by atoms with Crippen molar-refractivity contribution in [2.24, 2.45) is 11.7 Å². The Labute approximate surface area is 180 Å². The van der Waals surface area contributed by atoms with Gasteiger partial charge in [0.1, 0.15) is 5.69 Å². The first kappa shape index (κ1) is 20.2. The summed E-state index contributed by atoms with van der Waals surface area (Å²) in [5, 5.41) is 8.26. The number of nitrogen functional groups attached to an aromatic ring is 1. The topological polar surface area (TPSA) is 111 Å². The van der Waals surface area contributed by atoms with Crippen molar-refractivity contribution in [1.82, 2.24) is 15.2 Å². The van der Waals surface area contributed by atoms with Gasteiger partial charge in [0.05, 0.1) is 11.4 Å². The van der Waals surface area contributed by atoms with Crippen molar-refractivity contribution < 1.29 is 4.79 Å². The van der Waals surface area contributed by atoms with Crippen LogP contribution >= 0.6 is 0 Å². The van der Waals surface area contributed by atoms with E-state index in [0.29, 0.717) is 5.69 Å². The van der Waals surface area contributed by atoms with Crippen LogP contribution in [0, 0.1) is 17.8 Å². The number of anilines is 1. The number of nitrogens with zero attached hydrogens (tertiary/aromatic N) is 2. The lowest BCUT2D eigenvalue weighted by molar-refractivity contribution is -0.120. The Balaban J connectivity index is 1.73. The number of primary amides is 1. The number of carbonyl (C=O) groups excluding carboxylic acids is 1. The number of fused-ring (bicyclic) bond motifs is 1. The third-order valence-corrected chi connectivity index (χ3v) is 5.20. The molecule has 5 N–H and O–H groups in total. The molecule has 154 valence electrons. The summed E-state index contributed by atoms with van der Waals surface area (Å²) in [7, 11) is 0. The van der Waals surface area contributed by atoms with E-state index < -0.39 is 0 Å². The monoisotopic (exact) mass is 409 g/mol. The first-order valence-corrected chi connectivity index (χ1v) is 10.0. The van der Waals surface area contributed by atoms with Crippen molar-refractivity contribution in [2.45, 2.75) is 19.8 Å². The number of aromatic nitrogens is 3. The van der Waals surface area contributed by atoms with Crippen molar-refractivity contribution >= 4 is 22.5 Å². The lowest BCUT2D eigenvalue weighted by Crippen LogP contribution is -2.25. The van der Waals surface area contributed by atoms with E-state index in [1.807, 2.05) is 62.4 Å². The van der Waals surface area contributed by atoms with Crippen LogP contribution in [0.3, 0.4) is 0 Å². The van der Waals surface area contributed by atoms with Gasteiger partial charge in [-0.05, 0) is 59.4 Å². The smallest absolute Gasteiger partial charge is 0.225 e. The van der Waals surface area contributed by atoms with Gasteiger partial charge in [0.2, 0.25) is 5.91 Å². The van der Waals surface area contributed by atoms with Gasteiger partial charge in [0.25, 0.3) is 0 Å². The molecular formula is C25H23N5O. The van der Waals surface area contributed by atoms with Gasteiger partial charge in [-0.15, -0.1) is 0 Å². The molecule has 6 heteroatoms. The first-order valence-electron chi connectivity index (χ1n) is 10.0. The summed E-state index contributed by atoms with van der Waals surface area (Å²) in [5.41, 5.74) is 17.2. The number of aromatic amines is 1. The van der Waals surface area contributed by atoms with Gasteiger partial charge < -0.3 is 11.5 Å². The summed E-state index contributed by atoms with van der Waals surface area (Å²) >= 11 is 0. The molecule has 0 aliphatic rings. The van der Waals surface area contributed by atoms with Gasteiger partial charge in [-0.25, -0.2) is 0 Å². The molecular weight excluding hydrogens is 386 g/mol. The summed E-state index contributed by atoms with van der Waals surface area (Å²) in [6.07, 6.45) is 3.49. The average Bonchev–Trinajstić information content (AvgIpc) is 3.14. The van der Waals surface area contributed by atoms with E-state index in [9.17, 15) is 4.79 Å². The second-order valence-corrected chi connectivity index (χ2v) is 7.84. The van der Waals surface area contributed by atoms with Crippen molar-refractivity contribution in [3.63, 3.8) is 0 Å². The van der Waals surface area contributed by atoms with E-state index in [1.54, 1.807) is 12.4 Å². The fourth-order valence-electron chi connectivity index (χ4n) is 3.70. The van der Waals surface area contributed by atoms with Crippen molar-refractivity contribution in [3.05, 3.63) is 77.7 Å². The standard InChI is InChI=1S/C25H23N5O/c1-15(2)24(25(27)31)19-11-18(13-28-14-19)17-7-9-23-21(12-17)22(29-30-23)8-6-16-4-3-5-20(26)10-16/h3-5,7,9-15,24H,26H2,1-2H3,(H2,27,31)(H,29,30). The van der Waals surface area contributed by atoms with Crippen molar-refractivity contribution in [1.29, 1.82) is 0 Å². The Morgan fingerprint density at radius 3 is 2.61 bits per heavy atom. The fourth-order valence-corrected chi connectivity index (χ4v) is 3.70. The number of amides is 1. The van der Waals surface area contributed by atoms with E-state index in [1.165, 1.54) is 0 Å². The zero-order valence-corrected chi connectivity index (χ0v) is 17.4. The van der Waals surface area contributed by atoms with Crippen LogP contribution in [0.1, 0.15) is 36.6 Å². The van der Waals surface area contributed by atoms with E-state index in [4.69, 9.17) is 11.5 Å². The molecule has 0 saturated carbocycles. The van der Waals surface area contributed by atoms with Crippen LogP contribution in [-0.4, -0.2) is 21.1 Å². The minimum Gasteiger partial charge on any atom is -0.399 e. The molecule has 0 spiro atoms. The van der Waals surface area contributed by atoms with Crippen LogP contribution in [0.2, 0.25) is 0 Å². The number of nitrogens with two attached hydrogens (primary N) is 2. The number of benzene rings is 2. The molecule has 4 aromatic rings. The summed E-state index contributed by atoms with van der Waals surface area (Å²) in [4.78, 5) is 16.3. The van der Waals surface area contributed by atoms with Gasteiger partial charge in [-0.2, -0.15) is 5.10 Å². The molecule has 2 aromatic carbocycles. The maximum absolute atomic E-state index is 11.9. The van der Waals surface area contributed by atoms with Gasteiger partial charge >= 0.3 is 0 Å². The second kappa shape index (κ2) is 8.33. The third kappa shape index (κ3) is 4.26. The van der Waals surface area contributed by atoms with Gasteiger partial charge in [0, 0.05) is 34.6 Å². The largest absolute Gasteiger partial charge is 0.399 e. The molecule has 0 bridgehead atoms. The highest BCUT2D eigenvalue weighted by molar-refractivity contribution is 5.89. The molecule has 2 heterocycles. The number of hydrogen-bond acceptors (Lipinski definition) is 4. The van der Waals surface area contributed by atoms with Crippen LogP contribution in [0.15, 0.2) is 60.9 Å². The van der Waals surface area contributed by atoms with Crippen LogP contribution in [0.4, 0.5) is 5.69 Å². The molecule has 1 atom stereocenters. The second-order valence-electron chi connectivity index (χ2n) is 7.84. The maximum Gasteiger partial charge on any atom is 0.225 e. The fraction of sp³-hybridized carbons (Fsp3) is 0.160. The summed E-state index contributed by atoms with van der Waals surface area (Å²) in [6.45, 7) is 3.95. The molecule has 1 amide bonds. The summed E-state index contributed by atoms with van der Waals surface area (Å²) in [5.74, 6) is 5.62. The molecule has 31 heavy (non-hydrogen) atoms. The summed E-state index contributed by atoms with van der Waals surface area (Å²) in [6, 6.07) is 15.4. The first-order chi connectivity index (χ1) is 14.9. The number of H-pyrrole nitrogens is 1. The molecule has 0 aliphatic heterocycles. The lowest BCUT2D eigenvalue weighted by Gasteiger charge is -2.18. The highest BCUT2D eigenvalue weighted by Gasteiger charge is 2.22. The molecule has 1 unspecified atom stereocenters. The van der Waals surface area contributed by atoms with E-state index >= 15 is 0 Å². The molecule has 0 fully saturated rings. The zero-order chi connectivity index (χ0) is 22.0. The lowest BCUT2D eigenvalue weighted by atomic mass is 9.87. The number of carbonyl (C=O) groups is 1. The SMILES string of the molecule is CC(C)C(C(N)=O)c1cncc(-c2ccc3n[nH]c(C#Cc4cccc(N)c4)c3c2)c1. The molecule has 0 saturated heterocycles. The Bertz CT molecular complexity index is 1330. The van der Waals surface area contributed by atoms with Crippen molar-refractivity contribution in [3.8, 4) is 23.0 Å². The molecule has 4 rings (SSSR count). The Kier molecular flexibility index (Phi) is 5.42. The van der Waals surface area contributed by atoms with Crippen molar-refractivity contribution in [2.75, 3.05) is 5.73 Å². The Hall–Kier alpha value is -4.11.